The molecule has 144 valence electrons. The number of rotatable bonds is 8. The first-order valence-corrected chi connectivity index (χ1v) is 9.71. The minimum atomic E-state index is 0.104. The summed E-state index contributed by atoms with van der Waals surface area (Å²) in [7, 11) is 0. The molecule has 0 aromatic carbocycles. The van der Waals surface area contributed by atoms with Crippen LogP contribution in [0.3, 0.4) is 0 Å². The minimum absolute atomic E-state index is 0.104. The third kappa shape index (κ3) is 5.91. The van der Waals surface area contributed by atoms with E-state index in [4.69, 9.17) is 0 Å². The normalized spacial score (nSPS) is 16.8. The van der Waals surface area contributed by atoms with E-state index < -0.39 is 0 Å². The van der Waals surface area contributed by atoms with Gasteiger partial charge in [-0.25, -0.2) is 9.97 Å². The molecule has 1 amide bonds. The Labute approximate surface area is 160 Å². The van der Waals surface area contributed by atoms with Crippen molar-refractivity contribution in [3.8, 4) is 0 Å². The molecule has 0 bridgehead atoms. The summed E-state index contributed by atoms with van der Waals surface area (Å²) in [6.07, 6.45) is 8.89. The number of amides is 1. The van der Waals surface area contributed by atoms with Crippen molar-refractivity contribution < 1.29 is 4.79 Å². The fourth-order valence-corrected chi connectivity index (χ4v) is 3.43. The summed E-state index contributed by atoms with van der Waals surface area (Å²) >= 11 is 0. The Morgan fingerprint density at radius 3 is 3.11 bits per heavy atom. The molecule has 0 spiro atoms. The standard InChI is InChI=1S/C20H28N6O/c1-2-22-18-11-19(25-15-24-18)26-10-4-6-16(14-26)7-8-20(27)23-13-17-5-3-9-21-12-17/h3,5,9,11-12,15-16H,2,4,6-8,10,13-14H2,1H3,(H,23,27)(H,22,24,25)/t16-/m0/s1. The van der Waals surface area contributed by atoms with E-state index in [2.05, 4.69) is 37.4 Å². The molecule has 1 atom stereocenters. The lowest BCUT2D eigenvalue weighted by molar-refractivity contribution is -0.121. The van der Waals surface area contributed by atoms with Crippen LogP contribution >= 0.6 is 0 Å². The largest absolute Gasteiger partial charge is 0.370 e. The van der Waals surface area contributed by atoms with Gasteiger partial charge in [-0.3, -0.25) is 9.78 Å². The van der Waals surface area contributed by atoms with Gasteiger partial charge in [0.1, 0.15) is 18.0 Å². The van der Waals surface area contributed by atoms with E-state index in [-0.39, 0.29) is 5.91 Å². The Morgan fingerprint density at radius 1 is 1.37 bits per heavy atom. The van der Waals surface area contributed by atoms with Crippen LogP contribution in [0.2, 0.25) is 0 Å². The van der Waals surface area contributed by atoms with Gasteiger partial charge in [0.2, 0.25) is 5.91 Å². The second kappa shape index (κ2) is 9.85. The lowest BCUT2D eigenvalue weighted by Gasteiger charge is -2.33. The van der Waals surface area contributed by atoms with Crippen molar-refractivity contribution in [3.63, 3.8) is 0 Å². The number of anilines is 2. The van der Waals surface area contributed by atoms with E-state index in [1.165, 1.54) is 0 Å². The maximum Gasteiger partial charge on any atom is 0.220 e. The third-order valence-corrected chi connectivity index (χ3v) is 4.85. The zero-order chi connectivity index (χ0) is 18.9. The maximum absolute atomic E-state index is 12.2. The van der Waals surface area contributed by atoms with E-state index in [1.807, 2.05) is 18.2 Å². The topological polar surface area (TPSA) is 83.0 Å². The van der Waals surface area contributed by atoms with Crippen LogP contribution in [0.1, 0.15) is 38.2 Å². The van der Waals surface area contributed by atoms with Crippen LogP contribution < -0.4 is 15.5 Å². The molecule has 0 aliphatic carbocycles. The summed E-state index contributed by atoms with van der Waals surface area (Å²) < 4.78 is 0. The molecule has 0 saturated carbocycles. The van der Waals surface area contributed by atoms with E-state index in [1.54, 1.807) is 18.7 Å². The number of carbonyl (C=O) groups is 1. The van der Waals surface area contributed by atoms with E-state index in [0.717, 1.165) is 56.1 Å². The summed E-state index contributed by atoms with van der Waals surface area (Å²) in [5.74, 6) is 2.44. The third-order valence-electron chi connectivity index (χ3n) is 4.85. The molecule has 1 aliphatic rings. The lowest BCUT2D eigenvalue weighted by atomic mass is 9.93. The zero-order valence-electron chi connectivity index (χ0n) is 15.9. The highest BCUT2D eigenvalue weighted by Gasteiger charge is 2.22. The molecule has 3 rings (SSSR count). The molecule has 7 heteroatoms. The van der Waals surface area contributed by atoms with Crippen molar-refractivity contribution in [2.75, 3.05) is 29.9 Å². The number of nitrogens with zero attached hydrogens (tertiary/aromatic N) is 4. The summed E-state index contributed by atoms with van der Waals surface area (Å²) in [4.78, 5) is 27.2. The molecule has 2 N–H and O–H groups in total. The van der Waals surface area contributed by atoms with Gasteiger partial charge in [-0.1, -0.05) is 6.07 Å². The Bertz CT molecular complexity index is 723. The molecule has 27 heavy (non-hydrogen) atoms. The molecular formula is C20H28N6O. The summed E-state index contributed by atoms with van der Waals surface area (Å²) in [6, 6.07) is 5.86. The fourth-order valence-electron chi connectivity index (χ4n) is 3.43. The Morgan fingerprint density at radius 2 is 2.30 bits per heavy atom. The first-order valence-electron chi connectivity index (χ1n) is 9.71. The van der Waals surface area contributed by atoms with Crippen LogP contribution in [0, 0.1) is 5.92 Å². The quantitative estimate of drug-likeness (QED) is 0.745. The number of pyridine rings is 1. The van der Waals surface area contributed by atoms with Crippen LogP contribution in [0.4, 0.5) is 11.6 Å². The minimum Gasteiger partial charge on any atom is -0.370 e. The molecule has 1 aliphatic heterocycles. The predicted molar refractivity (Wildman–Crippen MR) is 106 cm³/mol. The van der Waals surface area contributed by atoms with Gasteiger partial charge in [-0.2, -0.15) is 0 Å². The molecule has 2 aromatic heterocycles. The fraction of sp³-hybridized carbons (Fsp3) is 0.500. The lowest BCUT2D eigenvalue weighted by Crippen LogP contribution is -2.36. The second-order valence-corrected chi connectivity index (χ2v) is 6.92. The monoisotopic (exact) mass is 368 g/mol. The van der Waals surface area contributed by atoms with Gasteiger partial charge in [0, 0.05) is 51.1 Å². The highest BCUT2D eigenvalue weighted by Crippen LogP contribution is 2.25. The van der Waals surface area contributed by atoms with Gasteiger partial charge >= 0.3 is 0 Å². The van der Waals surface area contributed by atoms with Crippen molar-refractivity contribution in [2.24, 2.45) is 5.92 Å². The van der Waals surface area contributed by atoms with E-state index in [9.17, 15) is 4.79 Å². The number of piperidine rings is 1. The van der Waals surface area contributed by atoms with Crippen LogP contribution in [0.15, 0.2) is 36.9 Å². The number of nitrogens with one attached hydrogen (secondary N) is 2. The Kier molecular flexibility index (Phi) is 6.96. The summed E-state index contributed by atoms with van der Waals surface area (Å²) in [6.45, 7) is 5.38. The molecule has 3 heterocycles. The smallest absolute Gasteiger partial charge is 0.220 e. The van der Waals surface area contributed by atoms with Gasteiger partial charge in [-0.15, -0.1) is 0 Å². The van der Waals surface area contributed by atoms with Gasteiger partial charge in [0.15, 0.2) is 0 Å². The average Bonchev–Trinajstić information content (AvgIpc) is 2.72. The summed E-state index contributed by atoms with van der Waals surface area (Å²) in [5.41, 5.74) is 1.02. The van der Waals surface area contributed by atoms with Gasteiger partial charge in [0.25, 0.3) is 0 Å². The van der Waals surface area contributed by atoms with Crippen LogP contribution in [0.5, 0.6) is 0 Å². The van der Waals surface area contributed by atoms with E-state index >= 15 is 0 Å². The number of aromatic nitrogens is 3. The number of hydrogen-bond donors (Lipinski definition) is 2. The molecule has 1 saturated heterocycles. The second-order valence-electron chi connectivity index (χ2n) is 6.92. The maximum atomic E-state index is 12.2. The molecular weight excluding hydrogens is 340 g/mol. The van der Waals surface area contributed by atoms with Crippen molar-refractivity contribution in [2.45, 2.75) is 39.2 Å². The SMILES string of the molecule is CCNc1cc(N2CCC[C@@H](CCC(=O)NCc3cccnc3)C2)ncn1. The van der Waals surface area contributed by atoms with Crippen LogP contribution in [0.25, 0.3) is 0 Å². The highest BCUT2D eigenvalue weighted by molar-refractivity contribution is 5.75. The first-order chi connectivity index (χ1) is 13.2. The van der Waals surface area contributed by atoms with Crippen molar-refractivity contribution in [3.05, 3.63) is 42.5 Å². The Balaban J connectivity index is 1.45. The molecule has 0 radical (unpaired) electrons. The van der Waals surface area contributed by atoms with Crippen molar-refractivity contribution >= 4 is 17.5 Å². The zero-order valence-corrected chi connectivity index (χ0v) is 15.9. The number of carbonyl (C=O) groups excluding carboxylic acids is 1. The molecule has 0 unspecified atom stereocenters. The first kappa shape index (κ1) is 19.1. The van der Waals surface area contributed by atoms with Crippen molar-refractivity contribution in [1.29, 1.82) is 0 Å². The van der Waals surface area contributed by atoms with Gasteiger partial charge < -0.3 is 15.5 Å². The summed E-state index contributed by atoms with van der Waals surface area (Å²) in [5, 5.41) is 6.21. The average molecular weight is 368 g/mol. The molecule has 7 nitrogen and oxygen atoms in total. The highest BCUT2D eigenvalue weighted by atomic mass is 16.1. The molecule has 1 fully saturated rings. The van der Waals surface area contributed by atoms with Gasteiger partial charge in [-0.05, 0) is 43.7 Å². The Hall–Kier alpha value is -2.70. The number of hydrogen-bond acceptors (Lipinski definition) is 6. The van der Waals surface area contributed by atoms with Gasteiger partial charge in [0.05, 0.1) is 0 Å². The van der Waals surface area contributed by atoms with Crippen LogP contribution in [-0.4, -0.2) is 40.5 Å². The van der Waals surface area contributed by atoms with E-state index in [0.29, 0.717) is 18.9 Å². The van der Waals surface area contributed by atoms with Crippen molar-refractivity contribution in [1.82, 2.24) is 20.3 Å². The molecule has 2 aromatic rings. The van der Waals surface area contributed by atoms with Crippen LogP contribution in [-0.2, 0) is 11.3 Å². The predicted octanol–water partition coefficient (Wildman–Crippen LogP) is 2.62.